The van der Waals surface area contributed by atoms with Crippen molar-refractivity contribution >= 4 is 10.4 Å². The minimum Gasteiger partial charge on any atom is -0.491 e. The molecule has 3 N–H and O–H groups in total. The van der Waals surface area contributed by atoms with E-state index in [9.17, 15) is 13.5 Å². The highest BCUT2D eigenvalue weighted by Gasteiger charge is 2.08. The second-order valence-electron chi connectivity index (χ2n) is 4.51. The molecule has 0 aromatic heterocycles. The van der Waals surface area contributed by atoms with E-state index in [2.05, 4.69) is 9.50 Å². The van der Waals surface area contributed by atoms with Crippen LogP contribution in [0.25, 0.3) is 0 Å². The Morgan fingerprint density at radius 3 is 2.25 bits per heavy atom. The Morgan fingerprint density at radius 2 is 1.75 bits per heavy atom. The average molecular weight is 305 g/mol. The lowest BCUT2D eigenvalue weighted by Crippen LogP contribution is -2.35. The Morgan fingerprint density at radius 1 is 1.20 bits per heavy atom. The van der Waals surface area contributed by atoms with Crippen molar-refractivity contribution < 1.29 is 27.0 Å². The van der Waals surface area contributed by atoms with Crippen LogP contribution in [0, 0.1) is 0 Å². The number of aliphatic hydroxyl groups excluding tert-OH is 1. The number of benzene rings is 1. The van der Waals surface area contributed by atoms with E-state index < -0.39 is 16.5 Å². The van der Waals surface area contributed by atoms with Gasteiger partial charge < -0.3 is 19.3 Å². The first-order chi connectivity index (χ1) is 9.26. The molecule has 1 aromatic carbocycles. The van der Waals surface area contributed by atoms with Gasteiger partial charge in [-0.05, 0) is 24.3 Å². The van der Waals surface area contributed by atoms with E-state index in [0.717, 1.165) is 0 Å². The summed E-state index contributed by atoms with van der Waals surface area (Å²) in [7, 11) is -4.52. The molecule has 8 heteroatoms. The Kier molecular flexibility index (Phi) is 6.21. The highest BCUT2D eigenvalue weighted by Crippen LogP contribution is 2.18. The SMILES string of the molecule is CC(C)NC[C@H](O)COc1ccc(OS(=O)(=O)O)cc1. The van der Waals surface area contributed by atoms with Gasteiger partial charge in [0.1, 0.15) is 24.2 Å². The van der Waals surface area contributed by atoms with Crippen LogP contribution >= 0.6 is 0 Å². The summed E-state index contributed by atoms with van der Waals surface area (Å²) >= 11 is 0. The number of hydrogen-bond donors (Lipinski definition) is 3. The van der Waals surface area contributed by atoms with Gasteiger partial charge in [0, 0.05) is 12.6 Å². The van der Waals surface area contributed by atoms with Gasteiger partial charge in [0.15, 0.2) is 0 Å². The van der Waals surface area contributed by atoms with Crippen molar-refractivity contribution in [1.82, 2.24) is 5.32 Å². The lowest BCUT2D eigenvalue weighted by atomic mass is 10.3. The van der Waals surface area contributed by atoms with Gasteiger partial charge in [0.05, 0.1) is 0 Å². The summed E-state index contributed by atoms with van der Waals surface area (Å²) in [6.07, 6.45) is -0.647. The number of ether oxygens (including phenoxy) is 1. The zero-order valence-corrected chi connectivity index (χ0v) is 12.1. The lowest BCUT2D eigenvalue weighted by molar-refractivity contribution is 0.104. The molecule has 0 bridgehead atoms. The molecule has 0 fully saturated rings. The number of nitrogens with one attached hydrogen (secondary N) is 1. The van der Waals surface area contributed by atoms with Crippen molar-refractivity contribution in [2.75, 3.05) is 13.2 Å². The Bertz CT molecular complexity index is 499. The average Bonchev–Trinajstić information content (AvgIpc) is 2.33. The van der Waals surface area contributed by atoms with Gasteiger partial charge in [0.25, 0.3) is 0 Å². The highest BCUT2D eigenvalue weighted by molar-refractivity contribution is 7.81. The smallest absolute Gasteiger partial charge is 0.446 e. The van der Waals surface area contributed by atoms with Gasteiger partial charge in [-0.15, -0.1) is 0 Å². The van der Waals surface area contributed by atoms with Crippen LogP contribution in [0.5, 0.6) is 11.5 Å². The molecule has 0 saturated carbocycles. The second kappa shape index (κ2) is 7.44. The van der Waals surface area contributed by atoms with E-state index >= 15 is 0 Å². The topological polar surface area (TPSA) is 105 Å². The summed E-state index contributed by atoms with van der Waals surface area (Å²) in [6.45, 7) is 4.48. The van der Waals surface area contributed by atoms with Gasteiger partial charge in [-0.1, -0.05) is 13.8 Å². The molecule has 0 heterocycles. The minimum atomic E-state index is -4.52. The van der Waals surface area contributed by atoms with Gasteiger partial charge >= 0.3 is 10.4 Å². The van der Waals surface area contributed by atoms with Crippen LogP contribution in [0.15, 0.2) is 24.3 Å². The maximum Gasteiger partial charge on any atom is 0.446 e. The predicted molar refractivity (Wildman–Crippen MR) is 73.3 cm³/mol. The molecular formula is C12H19NO6S. The third-order valence-electron chi connectivity index (χ3n) is 2.23. The van der Waals surface area contributed by atoms with Crippen LogP contribution in [0.3, 0.4) is 0 Å². The summed E-state index contributed by atoms with van der Waals surface area (Å²) in [5.74, 6) is 0.429. The first kappa shape index (κ1) is 16.7. The molecule has 0 spiro atoms. The molecule has 20 heavy (non-hydrogen) atoms. The van der Waals surface area contributed by atoms with Gasteiger partial charge in [-0.25, -0.2) is 0 Å². The van der Waals surface area contributed by atoms with Crippen molar-refractivity contribution in [2.45, 2.75) is 26.0 Å². The maximum atomic E-state index is 10.5. The summed E-state index contributed by atoms with van der Waals surface area (Å²) in [4.78, 5) is 0. The molecule has 0 unspecified atom stereocenters. The molecule has 114 valence electrons. The Labute approximate surface area is 118 Å². The van der Waals surface area contributed by atoms with E-state index in [-0.39, 0.29) is 18.4 Å². The molecule has 1 aromatic rings. The molecule has 0 amide bonds. The maximum absolute atomic E-state index is 10.5. The third kappa shape index (κ3) is 7.29. The van der Waals surface area contributed by atoms with Gasteiger partial charge in [0.2, 0.25) is 0 Å². The summed E-state index contributed by atoms with van der Waals surface area (Å²) in [5.41, 5.74) is 0. The van der Waals surface area contributed by atoms with Crippen molar-refractivity contribution in [3.8, 4) is 11.5 Å². The second-order valence-corrected chi connectivity index (χ2v) is 5.53. The minimum absolute atomic E-state index is 0.0260. The van der Waals surface area contributed by atoms with Gasteiger partial charge in [-0.2, -0.15) is 8.42 Å². The van der Waals surface area contributed by atoms with Crippen molar-refractivity contribution in [2.24, 2.45) is 0 Å². The molecule has 7 nitrogen and oxygen atoms in total. The first-order valence-electron chi connectivity index (χ1n) is 6.07. The Balaban J connectivity index is 2.42. The van der Waals surface area contributed by atoms with Crippen LogP contribution < -0.4 is 14.2 Å². The molecule has 1 atom stereocenters. The molecule has 0 aliphatic carbocycles. The van der Waals surface area contributed by atoms with Crippen LogP contribution in [0.1, 0.15) is 13.8 Å². The van der Waals surface area contributed by atoms with Crippen LogP contribution in [-0.4, -0.2) is 43.4 Å². The quantitative estimate of drug-likeness (QED) is 0.604. The normalized spacial score (nSPS) is 13.2. The fourth-order valence-corrected chi connectivity index (χ4v) is 1.69. The summed E-state index contributed by atoms with van der Waals surface area (Å²) < 4.78 is 39.1. The van der Waals surface area contributed by atoms with Gasteiger partial charge in [-0.3, -0.25) is 4.55 Å². The largest absolute Gasteiger partial charge is 0.491 e. The van der Waals surface area contributed by atoms with E-state index in [1.807, 2.05) is 13.8 Å². The molecular weight excluding hydrogens is 286 g/mol. The number of hydrogen-bond acceptors (Lipinski definition) is 6. The summed E-state index contributed by atoms with van der Waals surface area (Å²) in [5, 5.41) is 12.7. The van der Waals surface area contributed by atoms with Crippen molar-refractivity contribution in [3.05, 3.63) is 24.3 Å². The van der Waals surface area contributed by atoms with E-state index in [1.165, 1.54) is 24.3 Å². The fraction of sp³-hybridized carbons (Fsp3) is 0.500. The number of rotatable bonds is 8. The van der Waals surface area contributed by atoms with Crippen LogP contribution in [0.4, 0.5) is 0 Å². The van der Waals surface area contributed by atoms with Crippen molar-refractivity contribution in [3.63, 3.8) is 0 Å². The monoisotopic (exact) mass is 305 g/mol. The predicted octanol–water partition coefficient (Wildman–Crippen LogP) is 0.606. The molecule has 1 rings (SSSR count). The Hall–Kier alpha value is -1.35. The molecule has 0 saturated heterocycles. The van der Waals surface area contributed by atoms with E-state index in [1.54, 1.807) is 0 Å². The zero-order valence-electron chi connectivity index (χ0n) is 11.3. The molecule has 0 aliphatic rings. The zero-order chi connectivity index (χ0) is 15.2. The summed E-state index contributed by atoms with van der Waals surface area (Å²) in [6, 6.07) is 5.90. The third-order valence-corrected chi connectivity index (χ3v) is 2.63. The van der Waals surface area contributed by atoms with E-state index in [4.69, 9.17) is 9.29 Å². The molecule has 0 radical (unpaired) electrons. The molecule has 0 aliphatic heterocycles. The van der Waals surface area contributed by atoms with E-state index in [0.29, 0.717) is 12.3 Å². The lowest BCUT2D eigenvalue weighted by Gasteiger charge is -2.15. The first-order valence-corrected chi connectivity index (χ1v) is 7.44. The fourth-order valence-electron chi connectivity index (χ4n) is 1.34. The number of aliphatic hydroxyl groups is 1. The van der Waals surface area contributed by atoms with Crippen LogP contribution in [0.2, 0.25) is 0 Å². The highest BCUT2D eigenvalue weighted by atomic mass is 32.3. The van der Waals surface area contributed by atoms with Crippen molar-refractivity contribution in [1.29, 1.82) is 0 Å². The standard InChI is InChI=1S/C12H19NO6S/c1-9(2)13-7-10(14)8-18-11-3-5-12(6-4-11)19-20(15,16)17/h3-6,9-10,13-14H,7-8H2,1-2H3,(H,15,16,17)/t10-/m0/s1. The van der Waals surface area contributed by atoms with Crippen LogP contribution in [-0.2, 0) is 10.4 Å².